The lowest BCUT2D eigenvalue weighted by Gasteiger charge is -2.01. The smallest absolute Gasteiger partial charge is 0.250 e. The highest BCUT2D eigenvalue weighted by Crippen LogP contribution is 2.30. The van der Waals surface area contributed by atoms with E-state index in [0.717, 1.165) is 12.1 Å². The molecule has 4 N–H and O–H groups in total. The molecule has 0 saturated heterocycles. The summed E-state index contributed by atoms with van der Waals surface area (Å²) in [5.41, 5.74) is 4.90. The number of carbonyl (C=O) groups is 1. The normalized spacial score (nSPS) is 9.75. The van der Waals surface area contributed by atoms with Gasteiger partial charge in [-0.05, 0) is 6.07 Å². The number of hydrogen-bond acceptors (Lipinski definition) is 3. The molecule has 0 unspecified atom stereocenters. The van der Waals surface area contributed by atoms with Gasteiger partial charge in [-0.15, -0.1) is 0 Å². The molecule has 0 bridgehead atoms. The first-order valence-electron chi connectivity index (χ1n) is 3.03. The molecule has 0 heterocycles. The fourth-order valence-electron chi connectivity index (χ4n) is 0.740. The van der Waals surface area contributed by atoms with Gasteiger partial charge >= 0.3 is 0 Å². The van der Waals surface area contributed by atoms with Crippen LogP contribution in [0.15, 0.2) is 12.1 Å². The predicted molar refractivity (Wildman–Crippen MR) is 43.3 cm³/mol. The van der Waals surface area contributed by atoms with Gasteiger partial charge in [0.2, 0.25) is 5.91 Å². The van der Waals surface area contributed by atoms with E-state index in [1.165, 1.54) is 0 Å². The molecule has 0 aliphatic carbocycles. The van der Waals surface area contributed by atoms with E-state index in [1.807, 2.05) is 0 Å². The molecule has 1 aromatic rings. The van der Waals surface area contributed by atoms with Gasteiger partial charge < -0.3 is 15.9 Å². The summed E-state index contributed by atoms with van der Waals surface area (Å²) in [5, 5.41) is 17.9. The highest BCUT2D eigenvalue weighted by Gasteiger charge is 2.10. The van der Waals surface area contributed by atoms with Gasteiger partial charge in [0.25, 0.3) is 0 Å². The Kier molecular flexibility index (Phi) is 2.10. The van der Waals surface area contributed by atoms with Crippen molar-refractivity contribution in [3.63, 3.8) is 0 Å². The van der Waals surface area contributed by atoms with Gasteiger partial charge in [0.05, 0.1) is 10.6 Å². The second-order valence-electron chi connectivity index (χ2n) is 2.19. The Labute approximate surface area is 73.2 Å². The number of phenolic OH excluding ortho intramolecular Hbond substituents is 2. The van der Waals surface area contributed by atoms with Gasteiger partial charge in [-0.1, -0.05) is 11.6 Å². The molecule has 0 spiro atoms. The van der Waals surface area contributed by atoms with Crippen LogP contribution in [0.4, 0.5) is 0 Å². The van der Waals surface area contributed by atoms with Crippen molar-refractivity contribution >= 4 is 17.5 Å². The molecule has 1 aromatic carbocycles. The summed E-state index contributed by atoms with van der Waals surface area (Å²) in [4.78, 5) is 10.6. The van der Waals surface area contributed by atoms with Gasteiger partial charge in [0.1, 0.15) is 0 Å². The maximum atomic E-state index is 10.6. The third-order valence-corrected chi connectivity index (χ3v) is 1.64. The minimum Gasteiger partial charge on any atom is -0.504 e. The van der Waals surface area contributed by atoms with Crippen LogP contribution in [0.1, 0.15) is 10.4 Å². The van der Waals surface area contributed by atoms with Crippen LogP contribution in [0, 0.1) is 0 Å². The number of benzene rings is 1. The molecule has 0 aliphatic heterocycles. The van der Waals surface area contributed by atoms with Crippen LogP contribution < -0.4 is 5.73 Å². The molecular weight excluding hydrogens is 182 g/mol. The minimum atomic E-state index is -0.754. The largest absolute Gasteiger partial charge is 0.504 e. The lowest BCUT2D eigenvalue weighted by molar-refractivity contribution is 0.1000. The lowest BCUT2D eigenvalue weighted by atomic mass is 10.2. The molecule has 0 saturated carbocycles. The van der Waals surface area contributed by atoms with E-state index in [4.69, 9.17) is 27.5 Å². The van der Waals surface area contributed by atoms with Gasteiger partial charge in [-0.25, -0.2) is 0 Å². The Morgan fingerprint density at radius 3 is 2.33 bits per heavy atom. The van der Waals surface area contributed by atoms with Crippen LogP contribution in [0.5, 0.6) is 11.5 Å². The Morgan fingerprint density at radius 2 is 1.83 bits per heavy atom. The van der Waals surface area contributed by atoms with E-state index in [0.29, 0.717) is 0 Å². The number of phenols is 2. The van der Waals surface area contributed by atoms with Crippen LogP contribution in [0.3, 0.4) is 0 Å². The summed E-state index contributed by atoms with van der Waals surface area (Å²) >= 11 is 5.52. The standard InChI is InChI=1S/C7H6ClNO3/c8-4-2-6(11)5(10)1-3(4)7(9)12/h1-2,10-11H,(H2,9,12). The molecule has 0 radical (unpaired) electrons. The molecule has 1 amide bonds. The zero-order valence-electron chi connectivity index (χ0n) is 5.91. The molecule has 64 valence electrons. The molecule has 0 fully saturated rings. The number of carbonyl (C=O) groups excluding carboxylic acids is 1. The van der Waals surface area contributed by atoms with E-state index >= 15 is 0 Å². The van der Waals surface area contributed by atoms with E-state index in [1.54, 1.807) is 0 Å². The number of hydrogen-bond donors (Lipinski definition) is 3. The first-order valence-corrected chi connectivity index (χ1v) is 3.41. The summed E-state index contributed by atoms with van der Waals surface area (Å²) in [7, 11) is 0. The maximum Gasteiger partial charge on any atom is 0.250 e. The number of amides is 1. The van der Waals surface area contributed by atoms with Crippen molar-refractivity contribution in [3.05, 3.63) is 22.7 Å². The van der Waals surface area contributed by atoms with Gasteiger partial charge in [0, 0.05) is 6.07 Å². The molecule has 0 aliphatic rings. The van der Waals surface area contributed by atoms with Crippen LogP contribution in [-0.4, -0.2) is 16.1 Å². The minimum absolute atomic E-state index is 0.0119. The highest BCUT2D eigenvalue weighted by molar-refractivity contribution is 6.34. The topological polar surface area (TPSA) is 83.6 Å². The zero-order valence-corrected chi connectivity index (χ0v) is 6.67. The Bertz CT molecular complexity index is 338. The summed E-state index contributed by atoms with van der Waals surface area (Å²) < 4.78 is 0. The zero-order chi connectivity index (χ0) is 9.30. The van der Waals surface area contributed by atoms with E-state index in [-0.39, 0.29) is 16.3 Å². The molecular formula is C7H6ClNO3. The first-order chi connectivity index (χ1) is 5.52. The van der Waals surface area contributed by atoms with Crippen molar-refractivity contribution < 1.29 is 15.0 Å². The number of halogens is 1. The summed E-state index contributed by atoms with van der Waals surface area (Å²) in [6.07, 6.45) is 0. The lowest BCUT2D eigenvalue weighted by Crippen LogP contribution is -2.11. The number of aromatic hydroxyl groups is 2. The number of rotatable bonds is 1. The number of primary amides is 1. The second-order valence-corrected chi connectivity index (χ2v) is 2.59. The second kappa shape index (κ2) is 2.91. The SMILES string of the molecule is NC(=O)c1cc(O)c(O)cc1Cl. The van der Waals surface area contributed by atoms with Crippen molar-refractivity contribution in [3.8, 4) is 11.5 Å². The third kappa shape index (κ3) is 1.43. The van der Waals surface area contributed by atoms with Crippen LogP contribution in [0.25, 0.3) is 0 Å². The van der Waals surface area contributed by atoms with E-state index in [9.17, 15) is 4.79 Å². The Hall–Kier alpha value is -1.42. The van der Waals surface area contributed by atoms with Crippen LogP contribution >= 0.6 is 11.6 Å². The molecule has 12 heavy (non-hydrogen) atoms. The fraction of sp³-hybridized carbons (Fsp3) is 0. The molecule has 0 aromatic heterocycles. The van der Waals surface area contributed by atoms with Crippen LogP contribution in [0.2, 0.25) is 5.02 Å². The molecule has 5 heteroatoms. The average Bonchev–Trinajstić information content (AvgIpc) is 1.96. The average molecular weight is 188 g/mol. The fourth-order valence-corrected chi connectivity index (χ4v) is 0.991. The van der Waals surface area contributed by atoms with E-state index < -0.39 is 11.7 Å². The van der Waals surface area contributed by atoms with Crippen molar-refractivity contribution in [1.29, 1.82) is 0 Å². The van der Waals surface area contributed by atoms with Gasteiger partial charge in [-0.3, -0.25) is 4.79 Å². The van der Waals surface area contributed by atoms with Crippen LogP contribution in [-0.2, 0) is 0 Å². The third-order valence-electron chi connectivity index (χ3n) is 1.33. The summed E-state index contributed by atoms with van der Waals surface area (Å²) in [6.45, 7) is 0. The van der Waals surface area contributed by atoms with Gasteiger partial charge in [0.15, 0.2) is 11.5 Å². The monoisotopic (exact) mass is 187 g/mol. The number of nitrogens with two attached hydrogens (primary N) is 1. The first kappa shape index (κ1) is 8.67. The molecule has 4 nitrogen and oxygen atoms in total. The van der Waals surface area contributed by atoms with Crippen molar-refractivity contribution in [1.82, 2.24) is 0 Å². The molecule has 0 atom stereocenters. The van der Waals surface area contributed by atoms with Crippen molar-refractivity contribution in [2.45, 2.75) is 0 Å². The highest BCUT2D eigenvalue weighted by atomic mass is 35.5. The Morgan fingerprint density at radius 1 is 1.33 bits per heavy atom. The van der Waals surface area contributed by atoms with E-state index in [2.05, 4.69) is 0 Å². The Balaban J connectivity index is 3.33. The van der Waals surface area contributed by atoms with Crippen molar-refractivity contribution in [2.75, 3.05) is 0 Å². The predicted octanol–water partition coefficient (Wildman–Crippen LogP) is 0.850. The van der Waals surface area contributed by atoms with Gasteiger partial charge in [-0.2, -0.15) is 0 Å². The summed E-state index contributed by atoms with van der Waals surface area (Å²) in [5.74, 6) is -1.56. The van der Waals surface area contributed by atoms with Crippen molar-refractivity contribution in [2.24, 2.45) is 5.73 Å². The molecule has 1 rings (SSSR count). The quantitative estimate of drug-likeness (QED) is 0.570. The maximum absolute atomic E-state index is 10.6. The summed E-state index contributed by atoms with van der Waals surface area (Å²) in [6, 6.07) is 2.07.